The number of amides is 1. The van der Waals surface area contributed by atoms with Crippen LogP contribution in [0.2, 0.25) is 0 Å². The summed E-state index contributed by atoms with van der Waals surface area (Å²) in [5.74, 6) is 1.45. The minimum atomic E-state index is -0.299. The number of hydrogen-bond acceptors (Lipinski definition) is 3. The predicted molar refractivity (Wildman–Crippen MR) is 93.3 cm³/mol. The zero-order valence-electron chi connectivity index (χ0n) is 14.0. The van der Waals surface area contributed by atoms with Gasteiger partial charge in [-0.15, -0.1) is 0 Å². The molecular weight excluding hydrogens is 319 g/mol. The van der Waals surface area contributed by atoms with E-state index in [1.807, 2.05) is 0 Å². The van der Waals surface area contributed by atoms with Crippen LogP contribution in [0, 0.1) is 11.7 Å². The van der Waals surface area contributed by atoms with Gasteiger partial charge in [-0.05, 0) is 80.4 Å². The minimum Gasteiger partial charge on any atom is -0.457 e. The molecule has 2 aromatic carbocycles. The van der Waals surface area contributed by atoms with Crippen molar-refractivity contribution in [2.45, 2.75) is 18.9 Å². The van der Waals surface area contributed by atoms with Crippen LogP contribution in [-0.2, 0) is 0 Å². The highest BCUT2D eigenvalue weighted by molar-refractivity contribution is 5.94. The Morgan fingerprint density at radius 1 is 1.00 bits per heavy atom. The van der Waals surface area contributed by atoms with Crippen molar-refractivity contribution in [3.8, 4) is 11.5 Å². The Balaban J connectivity index is 1.38. The lowest BCUT2D eigenvalue weighted by atomic mass is 9.84. The third kappa shape index (κ3) is 3.66. The van der Waals surface area contributed by atoms with Gasteiger partial charge in [0.05, 0.1) is 0 Å². The van der Waals surface area contributed by atoms with E-state index in [4.69, 9.17) is 4.74 Å². The number of piperidine rings is 3. The van der Waals surface area contributed by atoms with Crippen LogP contribution in [0.1, 0.15) is 23.2 Å². The Morgan fingerprint density at radius 2 is 1.60 bits per heavy atom. The summed E-state index contributed by atoms with van der Waals surface area (Å²) in [6.07, 6.45) is 2.35. The molecule has 2 bridgehead atoms. The van der Waals surface area contributed by atoms with E-state index in [-0.39, 0.29) is 17.8 Å². The molecule has 3 heterocycles. The lowest BCUT2D eigenvalue weighted by molar-refractivity contribution is 0.0620. The molecule has 3 saturated heterocycles. The van der Waals surface area contributed by atoms with E-state index in [2.05, 4.69) is 10.2 Å². The molecule has 3 aliphatic rings. The Labute approximate surface area is 146 Å². The second-order valence-corrected chi connectivity index (χ2v) is 6.80. The first-order valence-corrected chi connectivity index (χ1v) is 8.74. The zero-order chi connectivity index (χ0) is 17.2. The third-order valence-electron chi connectivity index (χ3n) is 5.14. The summed E-state index contributed by atoms with van der Waals surface area (Å²) in [6, 6.07) is 13.1. The van der Waals surface area contributed by atoms with E-state index < -0.39 is 0 Å². The van der Waals surface area contributed by atoms with E-state index in [0.29, 0.717) is 23.0 Å². The first-order chi connectivity index (χ1) is 12.2. The van der Waals surface area contributed by atoms with Gasteiger partial charge in [0, 0.05) is 18.2 Å². The lowest BCUT2D eigenvalue weighted by Crippen LogP contribution is -2.57. The van der Waals surface area contributed by atoms with Crippen molar-refractivity contribution < 1.29 is 13.9 Å². The molecule has 0 aromatic heterocycles. The average Bonchev–Trinajstić information content (AvgIpc) is 2.65. The van der Waals surface area contributed by atoms with Gasteiger partial charge in [0.25, 0.3) is 5.91 Å². The summed E-state index contributed by atoms with van der Waals surface area (Å²) in [6.45, 7) is 3.28. The molecule has 2 aromatic rings. The van der Waals surface area contributed by atoms with Crippen molar-refractivity contribution >= 4 is 5.91 Å². The summed E-state index contributed by atoms with van der Waals surface area (Å²) >= 11 is 0. The number of carbonyl (C=O) groups is 1. The van der Waals surface area contributed by atoms with Gasteiger partial charge in [0.1, 0.15) is 17.3 Å². The van der Waals surface area contributed by atoms with Crippen molar-refractivity contribution in [2.75, 3.05) is 19.6 Å². The fourth-order valence-electron chi connectivity index (χ4n) is 3.69. The largest absolute Gasteiger partial charge is 0.457 e. The average molecular weight is 340 g/mol. The maximum absolute atomic E-state index is 12.9. The summed E-state index contributed by atoms with van der Waals surface area (Å²) in [7, 11) is 0. The molecule has 1 amide bonds. The fraction of sp³-hybridized carbons (Fsp3) is 0.350. The van der Waals surface area contributed by atoms with Gasteiger partial charge < -0.3 is 15.0 Å². The molecule has 0 radical (unpaired) electrons. The highest BCUT2D eigenvalue weighted by Crippen LogP contribution is 2.28. The number of nitrogens with zero attached hydrogens (tertiary/aromatic N) is 1. The summed E-state index contributed by atoms with van der Waals surface area (Å²) in [5.41, 5.74) is 0.628. The smallest absolute Gasteiger partial charge is 0.251 e. The number of halogens is 1. The number of nitrogens with one attached hydrogen (secondary N) is 1. The number of rotatable bonds is 4. The normalized spacial score (nSPS) is 24.8. The first-order valence-electron chi connectivity index (χ1n) is 8.74. The number of carbonyl (C=O) groups excluding carboxylic acids is 1. The SMILES string of the molecule is O=C(NC1CN2CCC1CC2)c1ccc(Oc2ccc(F)cc2)cc1. The minimum absolute atomic E-state index is 0.0351. The predicted octanol–water partition coefficient (Wildman–Crippen LogP) is 3.44. The van der Waals surface area contributed by atoms with Crippen molar-refractivity contribution in [2.24, 2.45) is 5.92 Å². The molecule has 0 aliphatic carbocycles. The molecule has 1 N–H and O–H groups in total. The molecule has 0 saturated carbocycles. The lowest BCUT2D eigenvalue weighted by Gasteiger charge is -2.44. The fourth-order valence-corrected chi connectivity index (χ4v) is 3.69. The highest BCUT2D eigenvalue weighted by atomic mass is 19.1. The van der Waals surface area contributed by atoms with Gasteiger partial charge in [-0.2, -0.15) is 0 Å². The van der Waals surface area contributed by atoms with Crippen LogP contribution in [0.25, 0.3) is 0 Å². The Hall–Kier alpha value is -2.40. The quantitative estimate of drug-likeness (QED) is 0.927. The van der Waals surface area contributed by atoms with Crippen molar-refractivity contribution in [3.63, 3.8) is 0 Å². The van der Waals surface area contributed by atoms with Crippen LogP contribution in [-0.4, -0.2) is 36.5 Å². The number of benzene rings is 2. The van der Waals surface area contributed by atoms with E-state index in [9.17, 15) is 9.18 Å². The van der Waals surface area contributed by atoms with E-state index >= 15 is 0 Å². The van der Waals surface area contributed by atoms with Crippen molar-refractivity contribution in [1.29, 1.82) is 0 Å². The van der Waals surface area contributed by atoms with Gasteiger partial charge in [0.15, 0.2) is 0 Å². The molecule has 4 nitrogen and oxygen atoms in total. The number of ether oxygens (including phenoxy) is 1. The van der Waals surface area contributed by atoms with Crippen LogP contribution < -0.4 is 10.1 Å². The van der Waals surface area contributed by atoms with E-state index in [0.717, 1.165) is 19.6 Å². The van der Waals surface area contributed by atoms with Crippen LogP contribution in [0.15, 0.2) is 48.5 Å². The molecule has 1 unspecified atom stereocenters. The Kier molecular flexibility index (Phi) is 4.40. The van der Waals surface area contributed by atoms with Crippen LogP contribution in [0.5, 0.6) is 11.5 Å². The van der Waals surface area contributed by atoms with E-state index in [1.54, 1.807) is 36.4 Å². The number of fused-ring (bicyclic) bond motifs is 3. The van der Waals surface area contributed by atoms with Gasteiger partial charge in [-0.3, -0.25) is 4.79 Å². The van der Waals surface area contributed by atoms with Crippen LogP contribution >= 0.6 is 0 Å². The molecule has 5 rings (SSSR count). The Bertz CT molecular complexity index is 737. The van der Waals surface area contributed by atoms with Crippen molar-refractivity contribution in [1.82, 2.24) is 10.2 Å². The molecular formula is C20H21FN2O2. The summed E-state index contributed by atoms with van der Waals surface area (Å²) in [4.78, 5) is 14.9. The molecule has 25 heavy (non-hydrogen) atoms. The Morgan fingerprint density at radius 3 is 2.16 bits per heavy atom. The highest BCUT2D eigenvalue weighted by Gasteiger charge is 2.34. The van der Waals surface area contributed by atoms with Crippen molar-refractivity contribution in [3.05, 3.63) is 59.9 Å². The molecule has 5 heteroatoms. The molecule has 3 fully saturated rings. The van der Waals surface area contributed by atoms with Crippen LogP contribution in [0.4, 0.5) is 4.39 Å². The third-order valence-corrected chi connectivity index (χ3v) is 5.14. The summed E-state index contributed by atoms with van der Waals surface area (Å²) in [5, 5.41) is 3.18. The van der Waals surface area contributed by atoms with Gasteiger partial charge in [0.2, 0.25) is 0 Å². The second kappa shape index (κ2) is 6.84. The maximum atomic E-state index is 12.9. The first kappa shape index (κ1) is 16.1. The van der Waals surface area contributed by atoms with E-state index in [1.165, 1.54) is 25.0 Å². The van der Waals surface area contributed by atoms with Gasteiger partial charge in [-0.25, -0.2) is 4.39 Å². The summed E-state index contributed by atoms with van der Waals surface area (Å²) < 4.78 is 18.6. The van der Waals surface area contributed by atoms with Gasteiger partial charge in [-0.1, -0.05) is 0 Å². The second-order valence-electron chi connectivity index (χ2n) is 6.80. The number of hydrogen-bond donors (Lipinski definition) is 1. The zero-order valence-corrected chi connectivity index (χ0v) is 14.0. The molecule has 0 spiro atoms. The van der Waals surface area contributed by atoms with Crippen LogP contribution in [0.3, 0.4) is 0 Å². The standard InChI is InChI=1S/C20H21FN2O2/c21-16-3-7-18(8-4-16)25-17-5-1-15(2-6-17)20(24)22-19-13-23-11-9-14(19)10-12-23/h1-8,14,19H,9-13H2,(H,22,24). The molecule has 1 atom stereocenters. The molecule has 130 valence electrons. The maximum Gasteiger partial charge on any atom is 0.251 e. The topological polar surface area (TPSA) is 41.6 Å². The van der Waals surface area contributed by atoms with Gasteiger partial charge >= 0.3 is 0 Å². The molecule has 3 aliphatic heterocycles. The monoisotopic (exact) mass is 340 g/mol.